The first-order valence-corrected chi connectivity index (χ1v) is 13.0. The Morgan fingerprint density at radius 3 is 2.76 bits per heavy atom. The van der Waals surface area contributed by atoms with Crippen molar-refractivity contribution in [1.29, 1.82) is 0 Å². The fraction of sp³-hybridized carbons (Fsp3) is 0.400. The first kappa shape index (κ1) is 26.0. The summed E-state index contributed by atoms with van der Waals surface area (Å²) in [6.07, 6.45) is 8.30. The highest BCUT2D eigenvalue weighted by molar-refractivity contribution is 7.21. The Morgan fingerprint density at radius 1 is 1.21 bits per heavy atom. The molecule has 200 valence electrons. The van der Waals surface area contributed by atoms with E-state index in [0.717, 1.165) is 10.4 Å². The van der Waals surface area contributed by atoms with E-state index in [9.17, 15) is 14.7 Å². The summed E-state index contributed by atoms with van der Waals surface area (Å²) >= 11 is 1.45. The molecule has 5 rings (SSSR count). The molecule has 1 saturated heterocycles. The van der Waals surface area contributed by atoms with Crippen LogP contribution in [0.5, 0.6) is 0 Å². The number of aryl methyl sites for hydroxylation is 2. The molecule has 3 N–H and O–H groups in total. The number of pyridine rings is 1. The summed E-state index contributed by atoms with van der Waals surface area (Å²) in [4.78, 5) is 33.9. The molecule has 4 aromatic rings. The predicted molar refractivity (Wildman–Crippen MR) is 143 cm³/mol. The molecule has 1 fully saturated rings. The van der Waals surface area contributed by atoms with E-state index in [4.69, 9.17) is 4.74 Å². The average Bonchev–Trinajstić information content (AvgIpc) is 3.55. The minimum Gasteiger partial charge on any atom is -0.394 e. The van der Waals surface area contributed by atoms with Crippen LogP contribution in [0.2, 0.25) is 0 Å². The molecular weight excluding hydrogens is 508 g/mol. The third-order valence-corrected chi connectivity index (χ3v) is 7.33. The average molecular weight is 539 g/mol. The maximum absolute atomic E-state index is 13.2. The van der Waals surface area contributed by atoms with Gasteiger partial charge in [-0.3, -0.25) is 24.2 Å². The normalized spacial score (nSPS) is 17.6. The zero-order chi connectivity index (χ0) is 27.0. The largest absolute Gasteiger partial charge is 0.394 e. The Kier molecular flexibility index (Phi) is 7.01. The van der Waals surface area contributed by atoms with E-state index in [1.807, 2.05) is 38.2 Å². The molecule has 12 nitrogen and oxygen atoms in total. The van der Waals surface area contributed by atoms with Crippen molar-refractivity contribution in [3.63, 3.8) is 0 Å². The summed E-state index contributed by atoms with van der Waals surface area (Å²) in [5.74, 6) is -0.541. The van der Waals surface area contributed by atoms with Gasteiger partial charge in [-0.15, -0.1) is 11.3 Å². The zero-order valence-corrected chi connectivity index (χ0v) is 22.4. The van der Waals surface area contributed by atoms with E-state index in [0.29, 0.717) is 40.6 Å². The monoisotopic (exact) mass is 538 g/mol. The number of carbonyl (C=O) groups is 2. The first-order valence-electron chi connectivity index (χ1n) is 12.2. The highest BCUT2D eigenvalue weighted by atomic mass is 32.1. The number of anilines is 2. The second-order valence-electron chi connectivity index (χ2n) is 10.0. The summed E-state index contributed by atoms with van der Waals surface area (Å²) in [5.41, 5.74) is 2.50. The molecule has 0 unspecified atom stereocenters. The predicted octanol–water partition coefficient (Wildman–Crippen LogP) is 2.16. The van der Waals surface area contributed by atoms with Crippen molar-refractivity contribution in [3.8, 4) is 10.4 Å². The van der Waals surface area contributed by atoms with Gasteiger partial charge in [0, 0.05) is 38.1 Å². The minimum absolute atomic E-state index is 0.105. The Balaban J connectivity index is 1.27. The Hall–Kier alpha value is -3.65. The van der Waals surface area contributed by atoms with Crippen LogP contribution in [-0.2, 0) is 16.6 Å². The van der Waals surface area contributed by atoms with Crippen molar-refractivity contribution >= 4 is 39.4 Å². The molecule has 0 saturated carbocycles. The fourth-order valence-corrected chi connectivity index (χ4v) is 5.61. The van der Waals surface area contributed by atoms with Crippen LogP contribution in [0.25, 0.3) is 15.3 Å². The molecular formula is C25H30N8O4S. The van der Waals surface area contributed by atoms with Crippen LogP contribution in [0.3, 0.4) is 0 Å². The summed E-state index contributed by atoms with van der Waals surface area (Å²) in [6.45, 7) is 6.72. The molecule has 5 heterocycles. The van der Waals surface area contributed by atoms with Crippen molar-refractivity contribution < 1.29 is 19.4 Å². The van der Waals surface area contributed by atoms with E-state index in [2.05, 4.69) is 25.8 Å². The van der Waals surface area contributed by atoms with Gasteiger partial charge in [0.1, 0.15) is 4.83 Å². The first-order chi connectivity index (χ1) is 18.1. The third-order valence-electron chi connectivity index (χ3n) is 6.17. The van der Waals surface area contributed by atoms with E-state index >= 15 is 0 Å². The Labute approximate surface area is 223 Å². The summed E-state index contributed by atoms with van der Waals surface area (Å²) < 4.78 is 9.22. The van der Waals surface area contributed by atoms with Gasteiger partial charge >= 0.3 is 0 Å². The number of rotatable bonds is 7. The third kappa shape index (κ3) is 5.60. The van der Waals surface area contributed by atoms with E-state index in [1.165, 1.54) is 17.5 Å². The van der Waals surface area contributed by atoms with Crippen molar-refractivity contribution in [3.05, 3.63) is 48.3 Å². The van der Waals surface area contributed by atoms with Crippen LogP contribution in [0.4, 0.5) is 11.4 Å². The van der Waals surface area contributed by atoms with Gasteiger partial charge in [-0.25, -0.2) is 4.52 Å². The fourth-order valence-electron chi connectivity index (χ4n) is 4.58. The lowest BCUT2D eigenvalue weighted by Crippen LogP contribution is -2.55. The Morgan fingerprint density at radius 2 is 2.03 bits per heavy atom. The molecule has 38 heavy (non-hydrogen) atoms. The van der Waals surface area contributed by atoms with Crippen molar-refractivity contribution in [2.45, 2.75) is 32.5 Å². The number of thiazole rings is 1. The number of morpholine rings is 1. The number of fused-ring (bicyclic) bond motifs is 1. The second kappa shape index (κ2) is 10.3. The summed E-state index contributed by atoms with van der Waals surface area (Å²) in [5, 5.41) is 23.8. The van der Waals surface area contributed by atoms with Gasteiger partial charge in [0.15, 0.2) is 0 Å². The van der Waals surface area contributed by atoms with Crippen molar-refractivity contribution in [1.82, 2.24) is 29.3 Å². The molecule has 13 heteroatoms. The Bertz CT molecular complexity index is 1490. The quantitative estimate of drug-likeness (QED) is 0.325. The second-order valence-corrected chi connectivity index (χ2v) is 11.0. The number of nitrogens with zero attached hydrogens (tertiary/aromatic N) is 6. The molecule has 1 aliphatic heterocycles. The van der Waals surface area contributed by atoms with Crippen LogP contribution in [0.1, 0.15) is 29.9 Å². The van der Waals surface area contributed by atoms with Crippen LogP contribution in [-0.4, -0.2) is 84.1 Å². The van der Waals surface area contributed by atoms with Gasteiger partial charge in [0.2, 0.25) is 5.91 Å². The smallest absolute Gasteiger partial charge is 0.260 e. The maximum Gasteiger partial charge on any atom is 0.260 e. The number of hydrogen-bond acceptors (Lipinski definition) is 9. The van der Waals surface area contributed by atoms with Crippen molar-refractivity contribution in [2.24, 2.45) is 7.05 Å². The number of aromatic nitrogens is 5. The van der Waals surface area contributed by atoms with Gasteiger partial charge in [-0.1, -0.05) is 0 Å². The van der Waals surface area contributed by atoms with E-state index in [-0.39, 0.29) is 31.1 Å². The van der Waals surface area contributed by atoms with Gasteiger partial charge in [-0.2, -0.15) is 10.2 Å². The van der Waals surface area contributed by atoms with Crippen molar-refractivity contribution in [2.75, 3.05) is 36.9 Å². The van der Waals surface area contributed by atoms with Gasteiger partial charge in [-0.05, 0) is 26.8 Å². The maximum atomic E-state index is 13.2. The lowest BCUT2D eigenvalue weighted by atomic mass is 10.1. The van der Waals surface area contributed by atoms with Gasteiger partial charge in [0.25, 0.3) is 5.91 Å². The van der Waals surface area contributed by atoms with Crippen LogP contribution < -0.4 is 10.6 Å². The number of aliphatic hydroxyl groups is 1. The highest BCUT2D eigenvalue weighted by Crippen LogP contribution is 2.30. The molecule has 1 aliphatic rings. The lowest BCUT2D eigenvalue weighted by molar-refractivity contribution is -0.151. The molecule has 2 amide bonds. The zero-order valence-electron chi connectivity index (χ0n) is 21.6. The molecule has 0 bridgehead atoms. The minimum atomic E-state index is -0.463. The topological polar surface area (TPSA) is 139 Å². The number of carbonyl (C=O) groups excluding carboxylic acids is 2. The van der Waals surface area contributed by atoms with Crippen LogP contribution >= 0.6 is 11.3 Å². The number of nitrogens with one attached hydrogen (secondary N) is 2. The van der Waals surface area contributed by atoms with Gasteiger partial charge < -0.3 is 20.5 Å². The number of aliphatic hydroxyl groups excluding tert-OH is 1. The number of hydrogen-bond donors (Lipinski definition) is 3. The molecule has 4 aromatic heterocycles. The molecule has 0 spiro atoms. The van der Waals surface area contributed by atoms with E-state index < -0.39 is 5.60 Å². The van der Waals surface area contributed by atoms with Gasteiger partial charge in [0.05, 0.1) is 71.0 Å². The molecule has 0 aromatic carbocycles. The van der Waals surface area contributed by atoms with E-state index in [1.54, 1.807) is 34.6 Å². The molecule has 1 atom stereocenters. The number of ether oxygens (including phenoxy) is 1. The highest BCUT2D eigenvalue weighted by Gasteiger charge is 2.33. The molecule has 0 radical (unpaired) electrons. The number of amides is 2. The summed E-state index contributed by atoms with van der Waals surface area (Å²) in [7, 11) is 1.85. The lowest BCUT2D eigenvalue weighted by Gasteiger charge is -2.41. The van der Waals surface area contributed by atoms with Crippen LogP contribution in [0.15, 0.2) is 37.1 Å². The molecule has 0 aliphatic carbocycles. The van der Waals surface area contributed by atoms with Crippen LogP contribution in [0, 0.1) is 6.92 Å². The summed E-state index contributed by atoms with van der Waals surface area (Å²) in [6, 6.07) is 1.69. The SMILES string of the molecule is Cc1ncc(NC(=O)CN2C[C@H](CO)OC(C)(C)C2)cc1NC(=O)c1cnn2cc(-c3cnn(C)c3)sc12. The standard InChI is InChI=1S/C25H30N8O4S/c1-15-20(5-17(7-26-15)29-22(35)12-32-10-18(13-34)37-25(2,3)14-32)30-23(36)19-8-28-33-11-21(38-24(19)33)16-6-27-31(4)9-16/h5-9,11,18,34H,10,12-14H2,1-4H3,(H,29,35)(H,30,36)/t18-/m1/s1.